The van der Waals surface area contributed by atoms with E-state index >= 15 is 0 Å². The zero-order chi connectivity index (χ0) is 21.8. The Morgan fingerprint density at radius 3 is 2.10 bits per heavy atom. The summed E-state index contributed by atoms with van der Waals surface area (Å²) < 4.78 is 44.6. The number of hydrogen-bond acceptors (Lipinski definition) is 0. The Balaban J connectivity index is 2.43. The van der Waals surface area contributed by atoms with E-state index in [0.717, 1.165) is 16.6 Å². The largest absolute Gasteiger partial charge is 0.397 e. The molecule has 29 heavy (non-hydrogen) atoms. The smallest absolute Gasteiger partial charge is 0.201 e. The van der Waals surface area contributed by atoms with Gasteiger partial charge in [0.15, 0.2) is 6.20 Å². The second kappa shape index (κ2) is 6.98. The number of aryl methyl sites for hydroxylation is 2. The molecule has 0 fully saturated rings. The summed E-state index contributed by atoms with van der Waals surface area (Å²) in [4.78, 5) is 0. The van der Waals surface area contributed by atoms with Gasteiger partial charge in [0.05, 0.1) is 19.1 Å². The number of halogens is 3. The average molecular weight is 417 g/mol. The summed E-state index contributed by atoms with van der Waals surface area (Å²) in [7, 11) is 0.402. The maximum absolute atomic E-state index is 14.2. The molecule has 5 heteroatoms. The predicted molar refractivity (Wildman–Crippen MR) is 117 cm³/mol. The molecule has 0 amide bonds. The van der Waals surface area contributed by atoms with Gasteiger partial charge in [-0.2, -0.15) is 13.2 Å². The quantitative estimate of drug-likeness (QED) is 0.363. The van der Waals surface area contributed by atoms with Gasteiger partial charge in [-0.15, -0.1) is 0 Å². The molecule has 2 aromatic carbocycles. The van der Waals surface area contributed by atoms with Gasteiger partial charge < -0.3 is 0 Å². The normalized spacial score (nSPS) is 13.2. The van der Waals surface area contributed by atoms with E-state index < -0.39 is 19.7 Å². The van der Waals surface area contributed by atoms with Crippen molar-refractivity contribution in [1.82, 2.24) is 0 Å². The topological polar surface area (TPSA) is 3.88 Å². The van der Waals surface area contributed by atoms with Crippen molar-refractivity contribution in [2.24, 2.45) is 7.05 Å². The fourth-order valence-corrected chi connectivity index (χ4v) is 5.08. The van der Waals surface area contributed by atoms with Crippen molar-refractivity contribution in [2.75, 3.05) is 0 Å². The molecule has 0 N–H and O–H groups in total. The SMILES string of the molecule is Cc1cc2ccccc2c(C(C)(C)C(F)(F)F)c1-c1ccc([Si](C)(C)C)c[n+]1C. The zero-order valence-corrected chi connectivity index (χ0v) is 19.2. The second-order valence-corrected chi connectivity index (χ2v) is 14.5. The highest BCUT2D eigenvalue weighted by Crippen LogP contribution is 2.47. The molecule has 1 aromatic heterocycles. The van der Waals surface area contributed by atoms with Crippen molar-refractivity contribution in [3.63, 3.8) is 0 Å². The van der Waals surface area contributed by atoms with E-state index in [-0.39, 0.29) is 0 Å². The van der Waals surface area contributed by atoms with Crippen LogP contribution in [0.3, 0.4) is 0 Å². The van der Waals surface area contributed by atoms with Crippen LogP contribution >= 0.6 is 0 Å². The van der Waals surface area contributed by atoms with E-state index in [2.05, 4.69) is 31.9 Å². The molecule has 1 heterocycles. The fourth-order valence-electron chi connectivity index (χ4n) is 3.92. The highest BCUT2D eigenvalue weighted by Gasteiger charge is 2.51. The summed E-state index contributed by atoms with van der Waals surface area (Å²) in [6, 6.07) is 13.4. The van der Waals surface area contributed by atoms with Gasteiger partial charge in [0.2, 0.25) is 5.69 Å². The molecule has 0 aliphatic heterocycles. The van der Waals surface area contributed by atoms with E-state index in [4.69, 9.17) is 0 Å². The van der Waals surface area contributed by atoms with Crippen molar-refractivity contribution in [3.05, 3.63) is 59.8 Å². The van der Waals surface area contributed by atoms with E-state index in [0.29, 0.717) is 16.5 Å². The Kier molecular flexibility index (Phi) is 5.19. The van der Waals surface area contributed by atoms with Crippen LogP contribution in [0, 0.1) is 6.92 Å². The molecule has 0 radical (unpaired) electrons. The third-order valence-corrected chi connectivity index (χ3v) is 7.86. The van der Waals surface area contributed by atoms with Crippen LogP contribution in [0.15, 0.2) is 48.7 Å². The van der Waals surface area contributed by atoms with Gasteiger partial charge in [-0.05, 0) is 42.7 Å². The van der Waals surface area contributed by atoms with Crippen molar-refractivity contribution >= 4 is 24.0 Å². The van der Waals surface area contributed by atoms with E-state index in [1.165, 1.54) is 19.0 Å². The lowest BCUT2D eigenvalue weighted by molar-refractivity contribution is -0.659. The van der Waals surface area contributed by atoms with Gasteiger partial charge in [-0.25, -0.2) is 4.57 Å². The Morgan fingerprint density at radius 1 is 0.931 bits per heavy atom. The van der Waals surface area contributed by atoms with Crippen molar-refractivity contribution < 1.29 is 17.7 Å². The van der Waals surface area contributed by atoms with Gasteiger partial charge in [-0.3, -0.25) is 0 Å². The first-order valence-corrected chi connectivity index (χ1v) is 13.4. The summed E-state index contributed by atoms with van der Waals surface area (Å²) >= 11 is 0. The molecular formula is C24H29F3NSi+. The van der Waals surface area contributed by atoms with Crippen LogP contribution in [0.2, 0.25) is 19.6 Å². The number of aromatic nitrogens is 1. The number of pyridine rings is 1. The molecule has 0 saturated carbocycles. The van der Waals surface area contributed by atoms with Gasteiger partial charge in [-0.1, -0.05) is 56.0 Å². The molecule has 0 unspecified atom stereocenters. The lowest BCUT2D eigenvalue weighted by Gasteiger charge is -2.32. The summed E-state index contributed by atoms with van der Waals surface area (Å²) in [6.45, 7) is 11.3. The number of rotatable bonds is 3. The Labute approximate surface area is 172 Å². The van der Waals surface area contributed by atoms with E-state index in [9.17, 15) is 13.2 Å². The van der Waals surface area contributed by atoms with Crippen LogP contribution in [0.5, 0.6) is 0 Å². The molecule has 0 bridgehead atoms. The minimum Gasteiger partial charge on any atom is -0.201 e. The number of nitrogens with zero attached hydrogens (tertiary/aromatic N) is 1. The number of hydrogen-bond donors (Lipinski definition) is 0. The van der Waals surface area contributed by atoms with Gasteiger partial charge in [0.25, 0.3) is 0 Å². The first-order chi connectivity index (χ1) is 13.2. The first-order valence-electron chi connectivity index (χ1n) is 9.85. The van der Waals surface area contributed by atoms with Crippen molar-refractivity contribution in [1.29, 1.82) is 0 Å². The van der Waals surface area contributed by atoms with Crippen molar-refractivity contribution in [3.8, 4) is 11.3 Å². The molecule has 154 valence electrons. The molecule has 3 aromatic rings. The molecule has 0 saturated heterocycles. The van der Waals surface area contributed by atoms with Crippen LogP contribution in [0.4, 0.5) is 13.2 Å². The maximum Gasteiger partial charge on any atom is 0.397 e. The molecule has 1 nitrogen and oxygen atoms in total. The Morgan fingerprint density at radius 2 is 1.55 bits per heavy atom. The van der Waals surface area contributed by atoms with E-state index in [1.807, 2.05) is 48.9 Å². The van der Waals surface area contributed by atoms with Gasteiger partial charge in [0, 0.05) is 11.3 Å². The fraction of sp³-hybridized carbons (Fsp3) is 0.375. The highest BCUT2D eigenvalue weighted by atomic mass is 28.3. The number of benzene rings is 2. The lowest BCUT2D eigenvalue weighted by Crippen LogP contribution is -2.45. The third kappa shape index (κ3) is 3.72. The first kappa shape index (κ1) is 21.6. The minimum atomic E-state index is -4.37. The Hall–Kier alpha value is -2.14. The maximum atomic E-state index is 14.2. The molecule has 0 aliphatic rings. The van der Waals surface area contributed by atoms with Crippen LogP contribution in [0.1, 0.15) is 25.0 Å². The summed E-state index contributed by atoms with van der Waals surface area (Å²) in [6.07, 6.45) is -2.28. The third-order valence-electron chi connectivity index (χ3n) is 5.84. The predicted octanol–water partition coefficient (Wildman–Crippen LogP) is 6.02. The standard InChI is InChI=1S/C24H29F3NSi/c1-16-14-17-10-8-9-11-19(17)22(23(2,3)24(25,26)27)21(16)20-13-12-18(15-28(20)4)29(5,6)7/h8-15H,1-7H3/q+1. The molecule has 0 aliphatic carbocycles. The molecule has 3 rings (SSSR count). The summed E-state index contributed by atoms with van der Waals surface area (Å²) in [5.74, 6) is 0. The monoisotopic (exact) mass is 416 g/mol. The molecule has 0 spiro atoms. The second-order valence-electron chi connectivity index (χ2n) is 9.45. The van der Waals surface area contributed by atoms with Gasteiger partial charge >= 0.3 is 6.18 Å². The zero-order valence-electron chi connectivity index (χ0n) is 18.2. The number of fused-ring (bicyclic) bond motifs is 1. The van der Waals surface area contributed by atoms with Crippen LogP contribution < -0.4 is 9.75 Å². The van der Waals surface area contributed by atoms with Gasteiger partial charge in [0.1, 0.15) is 7.05 Å². The Bertz CT molecular complexity index is 1080. The highest BCUT2D eigenvalue weighted by molar-refractivity contribution is 6.88. The number of alkyl halides is 3. The van der Waals surface area contributed by atoms with Crippen LogP contribution in [-0.4, -0.2) is 14.3 Å². The summed E-state index contributed by atoms with van der Waals surface area (Å²) in [5.41, 5.74) is 0.695. The average Bonchev–Trinajstić information content (AvgIpc) is 2.59. The van der Waals surface area contributed by atoms with E-state index in [1.54, 1.807) is 6.07 Å². The summed E-state index contributed by atoms with van der Waals surface area (Å²) in [5, 5.41) is 2.77. The minimum absolute atomic E-state index is 0.344. The van der Waals surface area contributed by atoms with Crippen LogP contribution in [-0.2, 0) is 12.5 Å². The van der Waals surface area contributed by atoms with Crippen molar-refractivity contribution in [2.45, 2.75) is 52.0 Å². The molecule has 0 atom stereocenters. The molecular weight excluding hydrogens is 387 g/mol. The van der Waals surface area contributed by atoms with Crippen LogP contribution in [0.25, 0.3) is 22.0 Å². The lowest BCUT2D eigenvalue weighted by atomic mass is 9.76.